The van der Waals surface area contributed by atoms with Gasteiger partial charge in [0, 0.05) is 12.1 Å². The maximum Gasteiger partial charge on any atom is 0.325 e. The van der Waals surface area contributed by atoms with E-state index < -0.39 is 5.97 Å². The minimum Gasteiger partial charge on any atom is -0.508 e. The fraction of sp³-hybridized carbons (Fsp3) is 0.429. The zero-order chi connectivity index (χ0) is 14.4. The molecular formula is C14H19NO4. The second-order valence-electron chi connectivity index (χ2n) is 4.13. The average molecular weight is 265 g/mol. The highest BCUT2D eigenvalue weighted by molar-refractivity contribution is 5.96. The second kappa shape index (κ2) is 6.78. The maximum absolute atomic E-state index is 12.2. The van der Waals surface area contributed by atoms with Gasteiger partial charge >= 0.3 is 5.97 Å². The topological polar surface area (TPSA) is 66.8 Å². The number of benzene rings is 1. The molecule has 1 N–H and O–H groups in total. The summed E-state index contributed by atoms with van der Waals surface area (Å²) in [5, 5.41) is 9.61. The number of carbonyl (C=O) groups excluding carboxylic acids is 2. The van der Waals surface area contributed by atoms with Gasteiger partial charge in [-0.2, -0.15) is 0 Å². The first-order chi connectivity index (χ1) is 8.99. The molecule has 0 spiro atoms. The zero-order valence-corrected chi connectivity index (χ0v) is 11.5. The quantitative estimate of drug-likeness (QED) is 0.823. The van der Waals surface area contributed by atoms with Crippen molar-refractivity contribution in [2.45, 2.75) is 20.8 Å². The summed E-state index contributed by atoms with van der Waals surface area (Å²) in [7, 11) is 0. The molecule has 0 heterocycles. The van der Waals surface area contributed by atoms with Gasteiger partial charge in [0.1, 0.15) is 12.3 Å². The molecule has 0 radical (unpaired) electrons. The molecule has 5 nitrogen and oxygen atoms in total. The van der Waals surface area contributed by atoms with Crippen molar-refractivity contribution in [2.24, 2.45) is 0 Å². The number of hydrogen-bond acceptors (Lipinski definition) is 4. The van der Waals surface area contributed by atoms with E-state index in [0.717, 1.165) is 0 Å². The van der Waals surface area contributed by atoms with E-state index in [9.17, 15) is 14.7 Å². The number of likely N-dealkylation sites (N-methyl/N-ethyl adjacent to an activating group) is 1. The molecule has 0 saturated heterocycles. The van der Waals surface area contributed by atoms with Crippen molar-refractivity contribution in [1.29, 1.82) is 0 Å². The number of aryl methyl sites for hydroxylation is 1. The minimum absolute atomic E-state index is 0.0676. The molecule has 0 fully saturated rings. The summed E-state index contributed by atoms with van der Waals surface area (Å²) in [4.78, 5) is 25.0. The van der Waals surface area contributed by atoms with Crippen molar-refractivity contribution in [3.8, 4) is 5.75 Å². The van der Waals surface area contributed by atoms with Gasteiger partial charge in [-0.05, 0) is 38.5 Å². The number of carbonyl (C=O) groups is 2. The highest BCUT2D eigenvalue weighted by atomic mass is 16.5. The smallest absolute Gasteiger partial charge is 0.325 e. The van der Waals surface area contributed by atoms with Crippen LogP contribution in [-0.2, 0) is 9.53 Å². The van der Waals surface area contributed by atoms with Crippen LogP contribution in [-0.4, -0.2) is 41.6 Å². The normalized spacial score (nSPS) is 10.1. The van der Waals surface area contributed by atoms with E-state index >= 15 is 0 Å². The van der Waals surface area contributed by atoms with Crippen LogP contribution in [0.2, 0.25) is 0 Å². The van der Waals surface area contributed by atoms with Gasteiger partial charge in [0.15, 0.2) is 0 Å². The van der Waals surface area contributed by atoms with Crippen LogP contribution in [0.5, 0.6) is 5.75 Å². The highest BCUT2D eigenvalue weighted by Crippen LogP contribution is 2.18. The molecule has 0 bridgehead atoms. The van der Waals surface area contributed by atoms with Crippen molar-refractivity contribution in [2.75, 3.05) is 19.7 Å². The van der Waals surface area contributed by atoms with Crippen LogP contribution < -0.4 is 0 Å². The van der Waals surface area contributed by atoms with Crippen LogP contribution in [0.1, 0.15) is 29.8 Å². The van der Waals surface area contributed by atoms with Gasteiger partial charge in [-0.1, -0.05) is 6.07 Å². The Kier molecular flexibility index (Phi) is 5.36. The lowest BCUT2D eigenvalue weighted by Gasteiger charge is -2.20. The van der Waals surface area contributed by atoms with E-state index in [1.165, 1.54) is 11.0 Å². The Morgan fingerprint density at radius 1 is 1.32 bits per heavy atom. The number of esters is 1. The molecule has 1 rings (SSSR count). The SMILES string of the molecule is CCOC(=O)CN(CC)C(=O)c1ccc(C)c(O)c1. The lowest BCUT2D eigenvalue weighted by atomic mass is 10.1. The Balaban J connectivity index is 2.83. The molecule has 0 saturated carbocycles. The van der Waals surface area contributed by atoms with Crippen molar-refractivity contribution >= 4 is 11.9 Å². The van der Waals surface area contributed by atoms with Gasteiger partial charge in [0.05, 0.1) is 6.61 Å². The Morgan fingerprint density at radius 2 is 2.00 bits per heavy atom. The molecule has 1 aromatic rings. The van der Waals surface area contributed by atoms with Gasteiger partial charge in [-0.15, -0.1) is 0 Å². The van der Waals surface area contributed by atoms with Crippen molar-refractivity contribution in [1.82, 2.24) is 4.90 Å². The van der Waals surface area contributed by atoms with E-state index in [0.29, 0.717) is 17.7 Å². The molecule has 0 aliphatic rings. The Bertz CT molecular complexity index is 471. The van der Waals surface area contributed by atoms with E-state index in [4.69, 9.17) is 4.74 Å². The molecule has 5 heteroatoms. The predicted octanol–water partition coefficient (Wildman–Crippen LogP) is 1.73. The highest BCUT2D eigenvalue weighted by Gasteiger charge is 2.18. The number of rotatable bonds is 5. The minimum atomic E-state index is -0.436. The van der Waals surface area contributed by atoms with Crippen molar-refractivity contribution in [3.63, 3.8) is 0 Å². The van der Waals surface area contributed by atoms with Crippen LogP contribution in [0, 0.1) is 6.92 Å². The fourth-order valence-electron chi connectivity index (χ4n) is 1.61. The van der Waals surface area contributed by atoms with Gasteiger partial charge in [-0.25, -0.2) is 0 Å². The summed E-state index contributed by atoms with van der Waals surface area (Å²) >= 11 is 0. The number of phenolic OH excluding ortho intramolecular Hbond substituents is 1. The number of amides is 1. The molecule has 0 aliphatic heterocycles. The number of phenols is 1. The Morgan fingerprint density at radius 3 is 2.53 bits per heavy atom. The number of nitrogens with zero attached hydrogens (tertiary/aromatic N) is 1. The number of aromatic hydroxyl groups is 1. The monoisotopic (exact) mass is 265 g/mol. The second-order valence-corrected chi connectivity index (χ2v) is 4.13. The summed E-state index contributed by atoms with van der Waals surface area (Å²) in [6.45, 7) is 5.85. The average Bonchev–Trinajstić information content (AvgIpc) is 2.38. The third kappa shape index (κ3) is 3.98. The molecule has 1 aromatic carbocycles. The van der Waals surface area contributed by atoms with Crippen LogP contribution >= 0.6 is 0 Å². The van der Waals surface area contributed by atoms with Crippen LogP contribution in [0.25, 0.3) is 0 Å². The molecule has 1 amide bonds. The summed E-state index contributed by atoms with van der Waals surface area (Å²) in [5.74, 6) is -0.669. The molecule has 104 valence electrons. The largest absolute Gasteiger partial charge is 0.508 e. The predicted molar refractivity (Wildman–Crippen MR) is 71.1 cm³/mol. The molecule has 0 unspecified atom stereocenters. The van der Waals surface area contributed by atoms with Crippen LogP contribution in [0.15, 0.2) is 18.2 Å². The molecule has 19 heavy (non-hydrogen) atoms. The first-order valence-corrected chi connectivity index (χ1v) is 6.24. The van der Waals surface area contributed by atoms with Gasteiger partial charge in [0.25, 0.3) is 5.91 Å². The maximum atomic E-state index is 12.2. The Labute approximate surface area is 112 Å². The third-order valence-electron chi connectivity index (χ3n) is 2.75. The van der Waals surface area contributed by atoms with Crippen LogP contribution in [0.3, 0.4) is 0 Å². The third-order valence-corrected chi connectivity index (χ3v) is 2.75. The summed E-state index contributed by atoms with van der Waals surface area (Å²) in [5.41, 5.74) is 1.05. The summed E-state index contributed by atoms with van der Waals surface area (Å²) in [6.07, 6.45) is 0. The Hall–Kier alpha value is -2.04. The van der Waals surface area contributed by atoms with E-state index in [-0.39, 0.29) is 24.8 Å². The summed E-state index contributed by atoms with van der Waals surface area (Å²) in [6, 6.07) is 4.71. The van der Waals surface area contributed by atoms with Crippen LogP contribution in [0.4, 0.5) is 0 Å². The first kappa shape index (κ1) is 15.0. The van der Waals surface area contributed by atoms with Gasteiger partial charge in [0.2, 0.25) is 0 Å². The number of ether oxygens (including phenoxy) is 1. The van der Waals surface area contributed by atoms with Gasteiger partial charge < -0.3 is 14.7 Å². The standard InChI is InChI=1S/C14H19NO4/c1-4-15(9-13(17)19-5-2)14(18)11-7-6-10(3)12(16)8-11/h6-8,16H,4-5,9H2,1-3H3. The lowest BCUT2D eigenvalue weighted by molar-refractivity contribution is -0.143. The van der Waals surface area contributed by atoms with Crippen molar-refractivity contribution < 1.29 is 19.4 Å². The zero-order valence-electron chi connectivity index (χ0n) is 11.5. The fourth-order valence-corrected chi connectivity index (χ4v) is 1.61. The van der Waals surface area contributed by atoms with Crippen molar-refractivity contribution in [3.05, 3.63) is 29.3 Å². The number of hydrogen-bond donors (Lipinski definition) is 1. The lowest BCUT2D eigenvalue weighted by Crippen LogP contribution is -2.36. The van der Waals surface area contributed by atoms with E-state index in [1.54, 1.807) is 32.9 Å². The van der Waals surface area contributed by atoms with E-state index in [2.05, 4.69) is 0 Å². The summed E-state index contributed by atoms with van der Waals surface area (Å²) < 4.78 is 4.82. The molecule has 0 aromatic heterocycles. The molecule has 0 aliphatic carbocycles. The van der Waals surface area contributed by atoms with Gasteiger partial charge in [-0.3, -0.25) is 9.59 Å². The first-order valence-electron chi connectivity index (χ1n) is 6.24. The molecular weight excluding hydrogens is 246 g/mol. The molecule has 0 atom stereocenters. The van der Waals surface area contributed by atoms with E-state index in [1.807, 2.05) is 0 Å².